The van der Waals surface area contributed by atoms with Crippen LogP contribution in [-0.2, 0) is 14.3 Å². The van der Waals surface area contributed by atoms with Gasteiger partial charge >= 0.3 is 6.09 Å². The van der Waals surface area contributed by atoms with Gasteiger partial charge in [0.2, 0.25) is 11.8 Å². The monoisotopic (exact) mass is 463 g/mol. The standard InChI is InChI=1S/C25H41N3O5/c1-15(2)19(26-23(32)33-25(8,9)10)22(31)28(16(3)4)20(21(30)27-24(5,6)7)17-11-13-18(29)14-12-17/h11-16,19-20,29H,1-10H3,(H,26,32)(H,27,30). The molecule has 186 valence electrons. The van der Waals surface area contributed by atoms with Crippen LogP contribution < -0.4 is 10.6 Å². The first-order chi connectivity index (χ1) is 14.9. The van der Waals surface area contributed by atoms with Crippen molar-refractivity contribution in [2.75, 3.05) is 0 Å². The summed E-state index contributed by atoms with van der Waals surface area (Å²) in [5.74, 6) is -0.941. The number of nitrogens with zero attached hydrogens (tertiary/aromatic N) is 1. The van der Waals surface area contributed by atoms with Crippen molar-refractivity contribution >= 4 is 17.9 Å². The fourth-order valence-corrected chi connectivity index (χ4v) is 3.32. The average molecular weight is 464 g/mol. The van der Waals surface area contributed by atoms with Gasteiger partial charge in [-0.1, -0.05) is 26.0 Å². The molecule has 3 amide bonds. The molecule has 0 aliphatic rings. The van der Waals surface area contributed by atoms with Crippen LogP contribution in [-0.4, -0.2) is 51.1 Å². The number of hydrogen-bond acceptors (Lipinski definition) is 5. The second-order valence-electron chi connectivity index (χ2n) is 10.9. The van der Waals surface area contributed by atoms with E-state index in [0.29, 0.717) is 5.56 Å². The zero-order valence-corrected chi connectivity index (χ0v) is 21.6. The first-order valence-corrected chi connectivity index (χ1v) is 11.4. The molecule has 1 aromatic rings. The van der Waals surface area contributed by atoms with Gasteiger partial charge in [0.05, 0.1) is 0 Å². The first-order valence-electron chi connectivity index (χ1n) is 11.4. The largest absolute Gasteiger partial charge is 0.508 e. The van der Waals surface area contributed by atoms with E-state index < -0.39 is 35.2 Å². The molecule has 0 bridgehead atoms. The normalized spacial score (nSPS) is 13.9. The molecule has 2 unspecified atom stereocenters. The van der Waals surface area contributed by atoms with Crippen LogP contribution in [0, 0.1) is 5.92 Å². The zero-order chi connectivity index (χ0) is 25.7. The number of phenols is 1. The van der Waals surface area contributed by atoms with E-state index in [9.17, 15) is 19.5 Å². The molecule has 1 aromatic carbocycles. The van der Waals surface area contributed by atoms with Gasteiger partial charge in [-0.05, 0) is 79.0 Å². The zero-order valence-electron chi connectivity index (χ0n) is 21.6. The summed E-state index contributed by atoms with van der Waals surface area (Å²) in [5.41, 5.74) is -0.686. The van der Waals surface area contributed by atoms with Crippen LogP contribution in [0.2, 0.25) is 0 Å². The summed E-state index contributed by atoms with van der Waals surface area (Å²) in [7, 11) is 0. The number of carbonyl (C=O) groups excluding carboxylic acids is 3. The summed E-state index contributed by atoms with van der Waals surface area (Å²) in [6.07, 6.45) is -0.696. The maximum absolute atomic E-state index is 13.8. The van der Waals surface area contributed by atoms with Crippen LogP contribution in [0.25, 0.3) is 0 Å². The molecule has 0 aliphatic heterocycles. The van der Waals surface area contributed by atoms with Crippen LogP contribution in [0.15, 0.2) is 24.3 Å². The van der Waals surface area contributed by atoms with E-state index in [2.05, 4.69) is 10.6 Å². The molecule has 33 heavy (non-hydrogen) atoms. The van der Waals surface area contributed by atoms with Crippen molar-refractivity contribution in [3.8, 4) is 5.75 Å². The maximum atomic E-state index is 13.8. The van der Waals surface area contributed by atoms with Gasteiger partial charge in [0, 0.05) is 11.6 Å². The second kappa shape index (κ2) is 10.9. The van der Waals surface area contributed by atoms with Gasteiger partial charge < -0.3 is 25.4 Å². The molecule has 0 aliphatic carbocycles. The molecule has 2 atom stereocenters. The molecule has 1 rings (SSSR count). The Balaban J connectivity index is 3.45. The highest BCUT2D eigenvalue weighted by atomic mass is 16.6. The van der Waals surface area contributed by atoms with Gasteiger partial charge in [0.25, 0.3) is 0 Å². The topological polar surface area (TPSA) is 108 Å². The van der Waals surface area contributed by atoms with Crippen molar-refractivity contribution in [1.82, 2.24) is 15.5 Å². The number of alkyl carbamates (subject to hydrolysis) is 1. The fourth-order valence-electron chi connectivity index (χ4n) is 3.32. The molecule has 0 saturated carbocycles. The lowest BCUT2D eigenvalue weighted by molar-refractivity contribution is -0.146. The summed E-state index contributed by atoms with van der Waals surface area (Å²) < 4.78 is 5.35. The quantitative estimate of drug-likeness (QED) is 0.563. The van der Waals surface area contributed by atoms with Crippen molar-refractivity contribution in [3.63, 3.8) is 0 Å². The Morgan fingerprint density at radius 3 is 1.85 bits per heavy atom. The lowest BCUT2D eigenvalue weighted by Gasteiger charge is -2.39. The van der Waals surface area contributed by atoms with Crippen molar-refractivity contribution in [2.45, 2.75) is 98.5 Å². The number of hydrogen-bond donors (Lipinski definition) is 3. The molecule has 8 heteroatoms. The average Bonchev–Trinajstić information content (AvgIpc) is 2.61. The predicted molar refractivity (Wildman–Crippen MR) is 129 cm³/mol. The summed E-state index contributed by atoms with van der Waals surface area (Å²) in [6, 6.07) is 3.99. The predicted octanol–water partition coefficient (Wildman–Crippen LogP) is 4.13. The first kappa shape index (κ1) is 28.3. The van der Waals surface area contributed by atoms with Gasteiger partial charge in [-0.25, -0.2) is 4.79 Å². The smallest absolute Gasteiger partial charge is 0.408 e. The number of phenolic OH excluding ortho intramolecular Hbond substituents is 1. The number of benzene rings is 1. The third-order valence-electron chi connectivity index (χ3n) is 4.65. The van der Waals surface area contributed by atoms with E-state index in [-0.39, 0.29) is 23.6 Å². The van der Waals surface area contributed by atoms with Crippen molar-refractivity contribution in [1.29, 1.82) is 0 Å². The Morgan fingerprint density at radius 1 is 0.939 bits per heavy atom. The number of ether oxygens (including phenoxy) is 1. The Morgan fingerprint density at radius 2 is 1.45 bits per heavy atom. The Kier molecular flexibility index (Phi) is 9.33. The minimum Gasteiger partial charge on any atom is -0.508 e. The lowest BCUT2D eigenvalue weighted by Crippen LogP contribution is -2.57. The van der Waals surface area contributed by atoms with Gasteiger partial charge in [-0.3, -0.25) is 9.59 Å². The van der Waals surface area contributed by atoms with Gasteiger partial charge in [-0.2, -0.15) is 0 Å². The highest BCUT2D eigenvalue weighted by Gasteiger charge is 2.39. The summed E-state index contributed by atoms with van der Waals surface area (Å²) in [5, 5.41) is 15.4. The van der Waals surface area contributed by atoms with Crippen LogP contribution in [0.1, 0.15) is 80.8 Å². The SMILES string of the molecule is CC(C)C(NC(=O)OC(C)(C)C)C(=O)N(C(C)C)C(C(=O)NC(C)(C)C)c1ccc(O)cc1. The van der Waals surface area contributed by atoms with Crippen LogP contribution >= 0.6 is 0 Å². The molecular weight excluding hydrogens is 422 g/mol. The molecule has 0 spiro atoms. The summed E-state index contributed by atoms with van der Waals surface area (Å²) in [6.45, 7) is 18.1. The van der Waals surface area contributed by atoms with E-state index >= 15 is 0 Å². The highest BCUT2D eigenvalue weighted by Crippen LogP contribution is 2.28. The van der Waals surface area contributed by atoms with Crippen LogP contribution in [0.4, 0.5) is 4.79 Å². The second-order valence-corrected chi connectivity index (χ2v) is 10.9. The Labute approximate surface area is 198 Å². The number of nitrogens with one attached hydrogen (secondary N) is 2. The van der Waals surface area contributed by atoms with Gasteiger partial charge in [0.15, 0.2) is 0 Å². The summed E-state index contributed by atoms with van der Waals surface area (Å²) in [4.78, 5) is 41.2. The molecule has 0 saturated heterocycles. The Hall–Kier alpha value is -2.77. The van der Waals surface area contributed by atoms with Crippen LogP contribution in [0.5, 0.6) is 5.75 Å². The number of amides is 3. The molecule has 8 nitrogen and oxygen atoms in total. The molecule has 0 aromatic heterocycles. The van der Waals surface area contributed by atoms with E-state index in [0.717, 1.165) is 0 Å². The van der Waals surface area contributed by atoms with E-state index in [1.165, 1.54) is 17.0 Å². The number of rotatable bonds is 7. The minimum absolute atomic E-state index is 0.0582. The van der Waals surface area contributed by atoms with Crippen molar-refractivity contribution < 1.29 is 24.2 Å². The Bertz CT molecular complexity index is 820. The van der Waals surface area contributed by atoms with Crippen LogP contribution in [0.3, 0.4) is 0 Å². The fraction of sp³-hybridized carbons (Fsp3) is 0.640. The minimum atomic E-state index is -0.959. The molecule has 0 fully saturated rings. The van der Waals surface area contributed by atoms with Gasteiger partial charge in [0.1, 0.15) is 23.4 Å². The highest BCUT2D eigenvalue weighted by molar-refractivity contribution is 5.92. The number of carbonyl (C=O) groups is 3. The van der Waals surface area contributed by atoms with E-state index in [1.807, 2.05) is 48.5 Å². The van der Waals surface area contributed by atoms with E-state index in [4.69, 9.17) is 4.74 Å². The molecule has 0 heterocycles. The molecule has 3 N–H and O–H groups in total. The number of aromatic hydroxyl groups is 1. The van der Waals surface area contributed by atoms with Gasteiger partial charge in [-0.15, -0.1) is 0 Å². The third kappa shape index (κ3) is 8.94. The molecular formula is C25H41N3O5. The lowest BCUT2D eigenvalue weighted by atomic mass is 9.96. The maximum Gasteiger partial charge on any atom is 0.408 e. The summed E-state index contributed by atoms with van der Waals surface area (Å²) >= 11 is 0. The van der Waals surface area contributed by atoms with Crippen molar-refractivity contribution in [2.24, 2.45) is 5.92 Å². The third-order valence-corrected chi connectivity index (χ3v) is 4.65. The van der Waals surface area contributed by atoms with Crippen molar-refractivity contribution in [3.05, 3.63) is 29.8 Å². The molecule has 0 radical (unpaired) electrons. The van der Waals surface area contributed by atoms with E-state index in [1.54, 1.807) is 32.9 Å².